The number of pyridine rings is 1. The third-order valence-corrected chi connectivity index (χ3v) is 2.59. The Labute approximate surface area is 109 Å². The first-order valence-corrected chi connectivity index (χ1v) is 5.81. The van der Waals surface area contributed by atoms with Crippen LogP contribution in [0.1, 0.15) is 5.56 Å². The normalized spacial score (nSPS) is 10.8. The molecule has 0 spiro atoms. The van der Waals surface area contributed by atoms with Gasteiger partial charge < -0.3 is 5.32 Å². The molecular weight excluding hydrogens is 285 g/mol. The molecule has 1 heterocycles. The molecule has 10 heteroatoms. The summed E-state index contributed by atoms with van der Waals surface area (Å²) >= 11 is -0.238. The molecule has 102 valence electrons. The number of thioether (sulfide) groups is 1. The van der Waals surface area contributed by atoms with E-state index >= 15 is 0 Å². The molecule has 6 nitrogen and oxygen atoms in total. The number of hydrogen-bond acceptors (Lipinski definition) is 6. The lowest BCUT2D eigenvalue weighted by molar-refractivity contribution is -0.384. The Kier molecular flexibility index (Phi) is 4.94. The average molecular weight is 292 g/mol. The molecule has 0 amide bonds. The van der Waals surface area contributed by atoms with E-state index in [9.17, 15) is 23.3 Å². The predicted octanol–water partition coefficient (Wildman–Crippen LogP) is 2.53. The molecule has 0 aliphatic rings. The molecule has 0 bridgehead atoms. The maximum Gasteiger partial charge on any atom is 0.441 e. The van der Waals surface area contributed by atoms with E-state index in [1.807, 2.05) is 0 Å². The minimum Gasteiger partial charge on any atom is -0.364 e. The maximum atomic E-state index is 11.9. The quantitative estimate of drug-likeness (QED) is 0.509. The molecular formula is C9H7F3N4O2S. The number of alkyl halides is 3. The molecule has 1 rings (SSSR count). The van der Waals surface area contributed by atoms with Gasteiger partial charge in [-0.25, -0.2) is 4.98 Å². The summed E-state index contributed by atoms with van der Waals surface area (Å²) in [6.07, 6.45) is 1.10. The van der Waals surface area contributed by atoms with E-state index in [0.717, 1.165) is 12.3 Å². The molecule has 0 saturated carbocycles. The first-order valence-electron chi connectivity index (χ1n) is 4.82. The van der Waals surface area contributed by atoms with Crippen LogP contribution in [0.4, 0.5) is 24.7 Å². The van der Waals surface area contributed by atoms with Crippen molar-refractivity contribution in [2.45, 2.75) is 5.51 Å². The fourth-order valence-electron chi connectivity index (χ4n) is 1.13. The van der Waals surface area contributed by atoms with Gasteiger partial charge >= 0.3 is 11.2 Å². The van der Waals surface area contributed by atoms with Crippen molar-refractivity contribution in [2.24, 2.45) is 0 Å². The fraction of sp³-hybridized carbons (Fsp3) is 0.333. The van der Waals surface area contributed by atoms with E-state index in [1.165, 1.54) is 0 Å². The summed E-state index contributed by atoms with van der Waals surface area (Å²) in [6, 6.07) is 2.70. The molecule has 0 aliphatic carbocycles. The highest BCUT2D eigenvalue weighted by Gasteiger charge is 2.27. The molecule has 0 radical (unpaired) electrons. The number of aromatic nitrogens is 1. The van der Waals surface area contributed by atoms with Gasteiger partial charge in [-0.1, -0.05) is 0 Å². The first kappa shape index (κ1) is 15.0. The zero-order valence-electron chi connectivity index (χ0n) is 9.27. The van der Waals surface area contributed by atoms with Crippen molar-refractivity contribution in [1.82, 2.24) is 4.98 Å². The number of nitriles is 1. The molecule has 1 aromatic heterocycles. The van der Waals surface area contributed by atoms with Crippen LogP contribution in [-0.4, -0.2) is 27.7 Å². The Balaban J connectivity index is 2.68. The second-order valence-corrected chi connectivity index (χ2v) is 4.34. The highest BCUT2D eigenvalue weighted by molar-refractivity contribution is 8.00. The number of hydrogen-bond donors (Lipinski definition) is 1. The fourth-order valence-corrected chi connectivity index (χ4v) is 1.56. The van der Waals surface area contributed by atoms with Crippen molar-refractivity contribution >= 4 is 23.3 Å². The molecule has 0 saturated heterocycles. The summed E-state index contributed by atoms with van der Waals surface area (Å²) in [5, 5.41) is 21.7. The number of nitrogens with zero attached hydrogens (tertiary/aromatic N) is 3. The largest absolute Gasteiger partial charge is 0.441 e. The summed E-state index contributed by atoms with van der Waals surface area (Å²) < 4.78 is 35.6. The maximum absolute atomic E-state index is 11.9. The zero-order chi connectivity index (χ0) is 14.5. The van der Waals surface area contributed by atoms with E-state index in [4.69, 9.17) is 5.26 Å². The van der Waals surface area contributed by atoms with E-state index in [0.29, 0.717) is 0 Å². The van der Waals surface area contributed by atoms with Gasteiger partial charge in [0.05, 0.1) is 10.5 Å². The number of anilines is 1. The summed E-state index contributed by atoms with van der Waals surface area (Å²) in [5.41, 5.74) is -4.79. The minimum absolute atomic E-state index is 0.00177. The Hall–Kier alpha value is -2.02. The van der Waals surface area contributed by atoms with Crippen molar-refractivity contribution in [2.75, 3.05) is 17.6 Å². The van der Waals surface area contributed by atoms with Crippen LogP contribution in [-0.2, 0) is 0 Å². The minimum atomic E-state index is -4.34. The SMILES string of the molecule is N#Cc1cnc(NCCSC(F)(F)F)c([N+](=O)[O-])c1. The number of nitrogens with one attached hydrogen (secondary N) is 1. The van der Waals surface area contributed by atoms with Crippen LogP contribution >= 0.6 is 11.8 Å². The predicted molar refractivity (Wildman–Crippen MR) is 62.6 cm³/mol. The third-order valence-electron chi connectivity index (χ3n) is 1.85. The van der Waals surface area contributed by atoms with Crippen molar-refractivity contribution in [3.05, 3.63) is 27.9 Å². The van der Waals surface area contributed by atoms with Crippen LogP contribution in [0.2, 0.25) is 0 Å². The average Bonchev–Trinajstić information content (AvgIpc) is 2.33. The van der Waals surface area contributed by atoms with Gasteiger partial charge in [-0.05, 0) is 11.8 Å². The summed E-state index contributed by atoms with van der Waals surface area (Å²) in [7, 11) is 0. The van der Waals surface area contributed by atoms with Crippen molar-refractivity contribution in [1.29, 1.82) is 5.26 Å². The van der Waals surface area contributed by atoms with Crippen LogP contribution < -0.4 is 5.32 Å². The van der Waals surface area contributed by atoms with Crippen molar-refractivity contribution < 1.29 is 18.1 Å². The van der Waals surface area contributed by atoms with Crippen LogP contribution in [0.5, 0.6) is 0 Å². The van der Waals surface area contributed by atoms with Crippen LogP contribution in [0.25, 0.3) is 0 Å². The van der Waals surface area contributed by atoms with Crippen LogP contribution in [0, 0.1) is 21.4 Å². The molecule has 0 aromatic carbocycles. The van der Waals surface area contributed by atoms with E-state index in [2.05, 4.69) is 10.3 Å². The van der Waals surface area contributed by atoms with Gasteiger partial charge in [-0.15, -0.1) is 0 Å². The Bertz CT molecular complexity index is 515. The van der Waals surface area contributed by atoms with Crippen molar-refractivity contribution in [3.63, 3.8) is 0 Å². The molecule has 0 fully saturated rings. The van der Waals surface area contributed by atoms with Crippen molar-refractivity contribution in [3.8, 4) is 6.07 Å². The second-order valence-electron chi connectivity index (χ2n) is 3.18. The Morgan fingerprint density at radius 3 is 2.79 bits per heavy atom. The first-order chi connectivity index (χ1) is 8.83. The number of halogens is 3. The van der Waals surface area contributed by atoms with Crippen LogP contribution in [0.3, 0.4) is 0 Å². The monoisotopic (exact) mass is 292 g/mol. The molecule has 0 unspecified atom stereocenters. The zero-order valence-corrected chi connectivity index (χ0v) is 10.1. The second kappa shape index (κ2) is 6.24. The van der Waals surface area contributed by atoms with Gasteiger partial charge in [0.25, 0.3) is 0 Å². The van der Waals surface area contributed by atoms with E-state index in [1.54, 1.807) is 6.07 Å². The Morgan fingerprint density at radius 1 is 1.58 bits per heavy atom. The molecule has 0 atom stereocenters. The third kappa shape index (κ3) is 5.01. The van der Waals surface area contributed by atoms with Crippen LogP contribution in [0.15, 0.2) is 12.3 Å². The standard InChI is InChI=1S/C9H7F3N4O2S/c10-9(11,12)19-2-1-14-8-7(16(17)18)3-6(4-13)5-15-8/h3,5H,1-2H2,(H,14,15). The van der Waals surface area contributed by atoms with E-state index < -0.39 is 16.1 Å². The lowest BCUT2D eigenvalue weighted by Crippen LogP contribution is -2.11. The smallest absolute Gasteiger partial charge is 0.364 e. The molecule has 1 aromatic rings. The molecule has 0 aliphatic heterocycles. The number of rotatable bonds is 5. The van der Waals surface area contributed by atoms with Gasteiger partial charge in [0.2, 0.25) is 5.82 Å². The van der Waals surface area contributed by atoms with Gasteiger partial charge in [0.1, 0.15) is 6.07 Å². The summed E-state index contributed by atoms with van der Waals surface area (Å²) in [6.45, 7) is -0.135. The summed E-state index contributed by atoms with van der Waals surface area (Å²) in [4.78, 5) is 13.6. The highest BCUT2D eigenvalue weighted by Crippen LogP contribution is 2.30. The van der Waals surface area contributed by atoms with E-state index in [-0.39, 0.29) is 35.4 Å². The van der Waals surface area contributed by atoms with Gasteiger partial charge in [-0.3, -0.25) is 10.1 Å². The lowest BCUT2D eigenvalue weighted by Gasteiger charge is -2.07. The molecule has 1 N–H and O–H groups in total. The van der Waals surface area contributed by atoms with Gasteiger partial charge in [0.15, 0.2) is 0 Å². The van der Waals surface area contributed by atoms with Gasteiger partial charge in [-0.2, -0.15) is 18.4 Å². The highest BCUT2D eigenvalue weighted by atomic mass is 32.2. The van der Waals surface area contributed by atoms with Gasteiger partial charge in [0, 0.05) is 24.6 Å². The Morgan fingerprint density at radius 2 is 2.26 bits per heavy atom. The number of nitro groups is 1. The molecule has 19 heavy (non-hydrogen) atoms. The lowest BCUT2D eigenvalue weighted by atomic mass is 10.3. The topological polar surface area (TPSA) is 91.8 Å². The summed E-state index contributed by atoms with van der Waals surface area (Å²) in [5.74, 6) is -0.464.